The second-order valence-corrected chi connectivity index (χ2v) is 4.98. The van der Waals surface area contributed by atoms with Gasteiger partial charge in [0, 0.05) is 5.56 Å². The van der Waals surface area contributed by atoms with E-state index in [0.29, 0.717) is 22.9 Å². The molecule has 0 aliphatic rings. The Morgan fingerprint density at radius 3 is 2.64 bits per heavy atom. The number of pyridine rings is 1. The molecule has 0 aliphatic carbocycles. The Morgan fingerprint density at radius 2 is 1.91 bits per heavy atom. The molecule has 22 heavy (non-hydrogen) atoms. The Kier molecular flexibility index (Phi) is 3.74. The second-order valence-electron chi connectivity index (χ2n) is 4.98. The van der Waals surface area contributed by atoms with Crippen molar-refractivity contribution in [3.63, 3.8) is 0 Å². The van der Waals surface area contributed by atoms with E-state index in [0.717, 1.165) is 5.56 Å². The Balaban J connectivity index is 1.86. The van der Waals surface area contributed by atoms with Gasteiger partial charge in [0.05, 0.1) is 6.10 Å². The standard InChI is InChI=1S/C16H15N3O3/c1-10(2)21-16(20)19-13-9-8-12-15(18-13)22-14(17-12)11-6-4-3-5-7-11/h3-10H,1-2H3,(H,18,19,20). The lowest BCUT2D eigenvalue weighted by molar-refractivity contribution is 0.130. The minimum absolute atomic E-state index is 0.196. The van der Waals surface area contributed by atoms with Gasteiger partial charge in [-0.1, -0.05) is 18.2 Å². The number of hydrogen-bond donors (Lipinski definition) is 1. The predicted octanol–water partition coefficient (Wildman–Crippen LogP) is 3.85. The van der Waals surface area contributed by atoms with Gasteiger partial charge in [-0.3, -0.25) is 5.32 Å². The maximum atomic E-state index is 11.6. The number of hydrogen-bond acceptors (Lipinski definition) is 5. The van der Waals surface area contributed by atoms with Crippen LogP contribution in [0.5, 0.6) is 0 Å². The molecular weight excluding hydrogens is 282 g/mol. The third kappa shape index (κ3) is 3.06. The number of benzene rings is 1. The fraction of sp³-hybridized carbons (Fsp3) is 0.188. The fourth-order valence-corrected chi connectivity index (χ4v) is 1.94. The number of ether oxygens (including phenoxy) is 1. The predicted molar refractivity (Wildman–Crippen MR) is 82.5 cm³/mol. The summed E-state index contributed by atoms with van der Waals surface area (Å²) < 4.78 is 10.6. The topological polar surface area (TPSA) is 77.2 Å². The average Bonchev–Trinajstić information content (AvgIpc) is 2.90. The molecule has 0 radical (unpaired) electrons. The largest absolute Gasteiger partial charge is 0.447 e. The first-order valence-corrected chi connectivity index (χ1v) is 6.92. The number of amides is 1. The highest BCUT2D eigenvalue weighted by Gasteiger charge is 2.11. The van der Waals surface area contributed by atoms with E-state index in [1.807, 2.05) is 30.3 Å². The monoisotopic (exact) mass is 297 g/mol. The SMILES string of the molecule is CC(C)OC(=O)Nc1ccc2nc(-c3ccccc3)oc2n1. The van der Waals surface area contributed by atoms with Crippen LogP contribution in [0.4, 0.5) is 10.6 Å². The number of nitrogens with one attached hydrogen (secondary N) is 1. The Hall–Kier alpha value is -2.89. The minimum Gasteiger partial charge on any atom is -0.447 e. The average molecular weight is 297 g/mol. The lowest BCUT2D eigenvalue weighted by atomic mass is 10.2. The van der Waals surface area contributed by atoms with Crippen LogP contribution in [0.3, 0.4) is 0 Å². The van der Waals surface area contributed by atoms with Crippen LogP contribution >= 0.6 is 0 Å². The van der Waals surface area contributed by atoms with Crippen LogP contribution in [0.1, 0.15) is 13.8 Å². The minimum atomic E-state index is -0.551. The Morgan fingerprint density at radius 1 is 1.14 bits per heavy atom. The van der Waals surface area contributed by atoms with Crippen molar-refractivity contribution in [3.8, 4) is 11.5 Å². The number of aromatic nitrogens is 2. The molecular formula is C16H15N3O3. The van der Waals surface area contributed by atoms with Gasteiger partial charge in [0.25, 0.3) is 0 Å². The number of rotatable bonds is 3. The molecule has 2 heterocycles. The van der Waals surface area contributed by atoms with E-state index in [2.05, 4.69) is 15.3 Å². The van der Waals surface area contributed by atoms with Crippen molar-refractivity contribution in [3.05, 3.63) is 42.5 Å². The summed E-state index contributed by atoms with van der Waals surface area (Å²) in [6.07, 6.45) is -0.747. The normalized spacial score (nSPS) is 10.9. The summed E-state index contributed by atoms with van der Waals surface area (Å²) in [5.74, 6) is 0.846. The third-order valence-corrected chi connectivity index (χ3v) is 2.85. The highest BCUT2D eigenvalue weighted by Crippen LogP contribution is 2.23. The van der Waals surface area contributed by atoms with Gasteiger partial charge in [-0.05, 0) is 38.1 Å². The summed E-state index contributed by atoms with van der Waals surface area (Å²) in [6.45, 7) is 3.55. The van der Waals surface area contributed by atoms with Gasteiger partial charge >= 0.3 is 6.09 Å². The highest BCUT2D eigenvalue weighted by molar-refractivity contribution is 5.85. The molecule has 3 aromatic rings. The van der Waals surface area contributed by atoms with Crippen molar-refractivity contribution in [2.75, 3.05) is 5.32 Å². The molecule has 0 aliphatic heterocycles. The van der Waals surface area contributed by atoms with E-state index in [9.17, 15) is 4.79 Å². The summed E-state index contributed by atoms with van der Waals surface area (Å²) in [6, 6.07) is 12.9. The quantitative estimate of drug-likeness (QED) is 0.794. The van der Waals surface area contributed by atoms with Crippen molar-refractivity contribution < 1.29 is 13.9 Å². The molecule has 0 saturated carbocycles. The van der Waals surface area contributed by atoms with Gasteiger partial charge in [0.1, 0.15) is 11.3 Å². The van der Waals surface area contributed by atoms with E-state index in [1.54, 1.807) is 26.0 Å². The lowest BCUT2D eigenvalue weighted by Gasteiger charge is -2.08. The molecule has 0 bridgehead atoms. The molecule has 0 fully saturated rings. The lowest BCUT2D eigenvalue weighted by Crippen LogP contribution is -2.18. The first-order chi connectivity index (χ1) is 10.6. The molecule has 0 atom stereocenters. The number of carbonyl (C=O) groups excluding carboxylic acids is 1. The van der Waals surface area contributed by atoms with Crippen LogP contribution in [0, 0.1) is 0 Å². The van der Waals surface area contributed by atoms with Gasteiger partial charge < -0.3 is 9.15 Å². The smallest absolute Gasteiger partial charge is 0.413 e. The van der Waals surface area contributed by atoms with Crippen molar-refractivity contribution in [1.82, 2.24) is 9.97 Å². The van der Waals surface area contributed by atoms with Crippen LogP contribution in [0.25, 0.3) is 22.7 Å². The molecule has 0 unspecified atom stereocenters. The van der Waals surface area contributed by atoms with Crippen LogP contribution in [0.2, 0.25) is 0 Å². The number of anilines is 1. The van der Waals surface area contributed by atoms with Crippen molar-refractivity contribution in [1.29, 1.82) is 0 Å². The number of carbonyl (C=O) groups is 1. The van der Waals surface area contributed by atoms with Crippen LogP contribution < -0.4 is 5.32 Å². The number of nitrogens with zero attached hydrogens (tertiary/aromatic N) is 2. The molecule has 1 amide bonds. The summed E-state index contributed by atoms with van der Waals surface area (Å²) in [7, 11) is 0. The van der Waals surface area contributed by atoms with Crippen LogP contribution in [-0.4, -0.2) is 22.2 Å². The summed E-state index contributed by atoms with van der Waals surface area (Å²) in [5.41, 5.74) is 1.86. The Labute approximate surface area is 127 Å². The Bertz CT molecular complexity index is 797. The molecule has 0 saturated heterocycles. The molecule has 1 N–H and O–H groups in total. The van der Waals surface area contributed by atoms with E-state index in [-0.39, 0.29) is 6.10 Å². The van der Waals surface area contributed by atoms with Crippen LogP contribution in [0.15, 0.2) is 46.9 Å². The zero-order valence-electron chi connectivity index (χ0n) is 12.2. The first-order valence-electron chi connectivity index (χ1n) is 6.92. The molecule has 2 aromatic heterocycles. The fourth-order valence-electron chi connectivity index (χ4n) is 1.94. The number of oxazole rings is 1. The molecule has 3 rings (SSSR count). The molecule has 0 spiro atoms. The van der Waals surface area contributed by atoms with Crippen LogP contribution in [-0.2, 0) is 4.74 Å². The summed E-state index contributed by atoms with van der Waals surface area (Å²) >= 11 is 0. The molecule has 6 heteroatoms. The second kappa shape index (κ2) is 5.85. The summed E-state index contributed by atoms with van der Waals surface area (Å²) in [5, 5.41) is 2.55. The van der Waals surface area contributed by atoms with Gasteiger partial charge in [-0.25, -0.2) is 9.78 Å². The van der Waals surface area contributed by atoms with Crippen molar-refractivity contribution >= 4 is 23.1 Å². The van der Waals surface area contributed by atoms with E-state index in [1.165, 1.54) is 0 Å². The van der Waals surface area contributed by atoms with Gasteiger partial charge in [-0.2, -0.15) is 4.98 Å². The maximum Gasteiger partial charge on any atom is 0.413 e. The van der Waals surface area contributed by atoms with E-state index in [4.69, 9.17) is 9.15 Å². The summed E-state index contributed by atoms with van der Waals surface area (Å²) in [4.78, 5) is 20.2. The highest BCUT2D eigenvalue weighted by atomic mass is 16.6. The number of fused-ring (bicyclic) bond motifs is 1. The van der Waals surface area contributed by atoms with E-state index >= 15 is 0 Å². The van der Waals surface area contributed by atoms with Gasteiger partial charge in [0.2, 0.25) is 11.6 Å². The van der Waals surface area contributed by atoms with E-state index < -0.39 is 6.09 Å². The first kappa shape index (κ1) is 14.1. The van der Waals surface area contributed by atoms with Crippen molar-refractivity contribution in [2.24, 2.45) is 0 Å². The molecule has 6 nitrogen and oxygen atoms in total. The van der Waals surface area contributed by atoms with Gasteiger partial charge in [0.15, 0.2) is 0 Å². The van der Waals surface area contributed by atoms with Gasteiger partial charge in [-0.15, -0.1) is 0 Å². The maximum absolute atomic E-state index is 11.6. The van der Waals surface area contributed by atoms with Crippen molar-refractivity contribution in [2.45, 2.75) is 20.0 Å². The molecule has 112 valence electrons. The zero-order chi connectivity index (χ0) is 15.5. The molecule has 1 aromatic carbocycles. The third-order valence-electron chi connectivity index (χ3n) is 2.85. The zero-order valence-corrected chi connectivity index (χ0v) is 12.2.